The Morgan fingerprint density at radius 1 is 1.47 bits per heavy atom. The lowest BCUT2D eigenvalue weighted by Crippen LogP contribution is -2.36. The second-order valence-electron chi connectivity index (χ2n) is 4.75. The molecule has 92 valence electrons. The Bertz CT molecular complexity index is 429. The van der Waals surface area contributed by atoms with Gasteiger partial charge in [0.15, 0.2) is 5.17 Å². The molecule has 0 amide bonds. The monoisotopic (exact) mass is 251 g/mol. The predicted molar refractivity (Wildman–Crippen MR) is 69.1 cm³/mol. The Hall–Kier alpha value is -0.970. The minimum absolute atomic E-state index is 0.519. The molecule has 1 fully saturated rings. The molecule has 1 aliphatic carbocycles. The molecule has 5 heteroatoms. The van der Waals surface area contributed by atoms with Crippen molar-refractivity contribution in [3.63, 3.8) is 0 Å². The van der Waals surface area contributed by atoms with Gasteiger partial charge in [0.1, 0.15) is 5.76 Å². The number of nitrogens with zero attached hydrogens (tertiary/aromatic N) is 2. The van der Waals surface area contributed by atoms with Gasteiger partial charge in [0.2, 0.25) is 0 Å². The van der Waals surface area contributed by atoms with Crippen LogP contribution in [0.5, 0.6) is 0 Å². The lowest BCUT2D eigenvalue weighted by molar-refractivity contribution is 0.385. The number of aromatic nitrogens is 1. The number of rotatable bonds is 2. The van der Waals surface area contributed by atoms with Gasteiger partial charge in [-0.1, -0.05) is 29.8 Å². The zero-order valence-electron chi connectivity index (χ0n) is 9.98. The number of nitrogens with one attached hydrogen (secondary N) is 1. The summed E-state index contributed by atoms with van der Waals surface area (Å²) in [6.45, 7) is 1.92. The molecule has 2 heterocycles. The van der Waals surface area contributed by atoms with Crippen molar-refractivity contribution in [2.45, 2.75) is 50.4 Å². The molecule has 0 unspecified atom stereocenters. The molecule has 4 nitrogen and oxygen atoms in total. The van der Waals surface area contributed by atoms with Crippen LogP contribution in [-0.4, -0.2) is 22.4 Å². The summed E-state index contributed by atoms with van der Waals surface area (Å²) in [7, 11) is 0. The van der Waals surface area contributed by atoms with Gasteiger partial charge in [-0.25, -0.2) is 0 Å². The van der Waals surface area contributed by atoms with Gasteiger partial charge >= 0.3 is 0 Å². The molecule has 0 radical (unpaired) electrons. The summed E-state index contributed by atoms with van der Waals surface area (Å²) in [6, 6.07) is 3.09. The molecule has 0 saturated heterocycles. The molecule has 3 rings (SSSR count). The number of aryl methyl sites for hydroxylation is 1. The van der Waals surface area contributed by atoms with Crippen molar-refractivity contribution < 1.29 is 4.52 Å². The van der Waals surface area contributed by atoms with E-state index in [9.17, 15) is 0 Å². The Balaban J connectivity index is 1.56. The number of thioether (sulfide) groups is 1. The highest BCUT2D eigenvalue weighted by Crippen LogP contribution is 2.27. The van der Waals surface area contributed by atoms with Gasteiger partial charge in [-0.15, -0.1) is 0 Å². The van der Waals surface area contributed by atoms with Gasteiger partial charge in [-0.2, -0.15) is 0 Å². The maximum Gasteiger partial charge on any atom is 0.157 e. The topological polar surface area (TPSA) is 50.4 Å². The van der Waals surface area contributed by atoms with Crippen molar-refractivity contribution in [1.82, 2.24) is 10.5 Å². The standard InChI is InChI=1S/C12H17N3OS/c1-8-6-9(15-16-8)7-17-12-13-10-4-2-3-5-11(10)14-12/h6,10-11H,2-5,7H2,1H3,(H,13,14)/t10-,11-/m0/s1. The molecule has 1 aromatic rings. The molecular weight excluding hydrogens is 234 g/mol. The number of hydrogen-bond acceptors (Lipinski definition) is 5. The van der Waals surface area contributed by atoms with E-state index >= 15 is 0 Å². The second-order valence-corrected chi connectivity index (χ2v) is 5.72. The van der Waals surface area contributed by atoms with Gasteiger partial charge in [0, 0.05) is 11.8 Å². The third-order valence-corrected chi connectivity index (χ3v) is 4.29. The van der Waals surface area contributed by atoms with E-state index in [2.05, 4.69) is 10.5 Å². The van der Waals surface area contributed by atoms with Crippen LogP contribution in [0.4, 0.5) is 0 Å². The largest absolute Gasteiger partial charge is 0.361 e. The van der Waals surface area contributed by atoms with E-state index in [0.29, 0.717) is 12.1 Å². The summed E-state index contributed by atoms with van der Waals surface area (Å²) >= 11 is 1.73. The van der Waals surface area contributed by atoms with E-state index in [1.807, 2.05) is 13.0 Å². The normalized spacial score (nSPS) is 27.5. The molecule has 0 aromatic carbocycles. The highest BCUT2D eigenvalue weighted by molar-refractivity contribution is 8.13. The average molecular weight is 251 g/mol. The maximum atomic E-state index is 5.05. The van der Waals surface area contributed by atoms with Crippen molar-refractivity contribution in [3.8, 4) is 0 Å². The molecule has 1 N–H and O–H groups in total. The van der Waals surface area contributed by atoms with Crippen LogP contribution in [-0.2, 0) is 5.75 Å². The van der Waals surface area contributed by atoms with E-state index in [1.165, 1.54) is 25.7 Å². The van der Waals surface area contributed by atoms with Gasteiger partial charge in [0.05, 0.1) is 17.8 Å². The molecule has 1 aliphatic heterocycles. The zero-order valence-corrected chi connectivity index (χ0v) is 10.8. The van der Waals surface area contributed by atoms with E-state index in [4.69, 9.17) is 9.52 Å². The van der Waals surface area contributed by atoms with Crippen LogP contribution in [0.1, 0.15) is 37.1 Å². The summed E-state index contributed by atoms with van der Waals surface area (Å²) in [6.07, 6.45) is 5.17. The van der Waals surface area contributed by atoms with Crippen molar-refractivity contribution in [1.29, 1.82) is 0 Å². The van der Waals surface area contributed by atoms with Gasteiger partial charge in [-0.05, 0) is 19.8 Å². The highest BCUT2D eigenvalue weighted by atomic mass is 32.2. The number of hydrogen-bond donors (Lipinski definition) is 1. The van der Waals surface area contributed by atoms with E-state index in [-0.39, 0.29) is 0 Å². The zero-order chi connectivity index (χ0) is 11.7. The predicted octanol–water partition coefficient (Wildman–Crippen LogP) is 2.49. The van der Waals surface area contributed by atoms with Crippen molar-refractivity contribution >= 4 is 16.9 Å². The van der Waals surface area contributed by atoms with E-state index in [0.717, 1.165) is 22.4 Å². The summed E-state index contributed by atoms with van der Waals surface area (Å²) < 4.78 is 5.05. The lowest BCUT2D eigenvalue weighted by Gasteiger charge is -2.23. The summed E-state index contributed by atoms with van der Waals surface area (Å²) in [5, 5.41) is 8.60. The van der Waals surface area contributed by atoms with Crippen LogP contribution >= 0.6 is 11.8 Å². The third-order valence-electron chi connectivity index (χ3n) is 3.35. The second kappa shape index (κ2) is 4.72. The quantitative estimate of drug-likeness (QED) is 0.877. The Kier molecular flexibility index (Phi) is 3.09. The molecule has 1 aromatic heterocycles. The average Bonchev–Trinajstić information content (AvgIpc) is 2.91. The van der Waals surface area contributed by atoms with Crippen LogP contribution in [0.15, 0.2) is 15.6 Å². The molecule has 2 aliphatic rings. The Morgan fingerprint density at radius 3 is 3.12 bits per heavy atom. The van der Waals surface area contributed by atoms with Crippen molar-refractivity contribution in [3.05, 3.63) is 17.5 Å². The van der Waals surface area contributed by atoms with E-state index < -0.39 is 0 Å². The van der Waals surface area contributed by atoms with Crippen molar-refractivity contribution in [2.75, 3.05) is 0 Å². The van der Waals surface area contributed by atoms with Crippen LogP contribution < -0.4 is 5.32 Å². The lowest BCUT2D eigenvalue weighted by atomic mass is 9.92. The third kappa shape index (κ3) is 2.49. The van der Waals surface area contributed by atoms with Crippen LogP contribution in [0.3, 0.4) is 0 Å². The number of fused-ring (bicyclic) bond motifs is 1. The number of amidine groups is 1. The Labute approximate surface area is 105 Å². The fourth-order valence-corrected chi connectivity index (χ4v) is 3.35. The smallest absolute Gasteiger partial charge is 0.157 e. The molecule has 2 atom stereocenters. The van der Waals surface area contributed by atoms with Gasteiger partial charge in [0.25, 0.3) is 0 Å². The minimum atomic E-state index is 0.519. The first kappa shape index (κ1) is 11.1. The van der Waals surface area contributed by atoms with E-state index in [1.54, 1.807) is 11.8 Å². The summed E-state index contributed by atoms with van der Waals surface area (Å²) in [5.41, 5.74) is 0.992. The molecule has 0 bridgehead atoms. The summed E-state index contributed by atoms with van der Waals surface area (Å²) in [5.74, 6) is 1.71. The van der Waals surface area contributed by atoms with Crippen LogP contribution in [0.25, 0.3) is 0 Å². The number of aliphatic imine (C=N–C) groups is 1. The highest BCUT2D eigenvalue weighted by Gasteiger charge is 2.30. The first-order valence-electron chi connectivity index (χ1n) is 6.20. The fraction of sp³-hybridized carbons (Fsp3) is 0.667. The first-order valence-corrected chi connectivity index (χ1v) is 7.19. The molecular formula is C12H17N3OS. The summed E-state index contributed by atoms with van der Waals surface area (Å²) in [4.78, 5) is 4.74. The maximum absolute atomic E-state index is 5.05. The van der Waals surface area contributed by atoms with Crippen molar-refractivity contribution in [2.24, 2.45) is 4.99 Å². The molecule has 0 spiro atoms. The fourth-order valence-electron chi connectivity index (χ4n) is 2.49. The van der Waals surface area contributed by atoms with Gasteiger partial charge in [-0.3, -0.25) is 4.99 Å². The minimum Gasteiger partial charge on any atom is -0.361 e. The molecule has 1 saturated carbocycles. The van der Waals surface area contributed by atoms with Crippen LogP contribution in [0.2, 0.25) is 0 Å². The SMILES string of the molecule is Cc1cc(CSC2=N[C@H]3CCCC[C@@H]3N2)no1. The first-order chi connectivity index (χ1) is 8.31. The van der Waals surface area contributed by atoms with Crippen LogP contribution in [0, 0.1) is 6.92 Å². The Morgan fingerprint density at radius 2 is 2.35 bits per heavy atom. The van der Waals surface area contributed by atoms with Gasteiger partial charge < -0.3 is 9.84 Å². The molecule has 17 heavy (non-hydrogen) atoms.